The third kappa shape index (κ3) is 6.04. The summed E-state index contributed by atoms with van der Waals surface area (Å²) in [7, 11) is 0. The molecule has 24 heavy (non-hydrogen) atoms. The van der Waals surface area contributed by atoms with Crippen molar-refractivity contribution in [3.8, 4) is 0 Å². The van der Waals surface area contributed by atoms with Gasteiger partial charge in [-0.2, -0.15) is 0 Å². The first-order valence-corrected chi connectivity index (χ1v) is 8.83. The first-order chi connectivity index (χ1) is 11.5. The van der Waals surface area contributed by atoms with Gasteiger partial charge in [0.05, 0.1) is 17.5 Å². The van der Waals surface area contributed by atoms with E-state index in [0.29, 0.717) is 0 Å². The van der Waals surface area contributed by atoms with E-state index in [1.807, 2.05) is 50.2 Å². The molecule has 0 aliphatic heterocycles. The van der Waals surface area contributed by atoms with Crippen LogP contribution in [0.25, 0.3) is 0 Å². The molecule has 1 atom stereocenters. The number of amides is 2. The van der Waals surface area contributed by atoms with Crippen LogP contribution in [-0.2, 0) is 9.59 Å². The largest absolute Gasteiger partial charge is 0.349 e. The van der Waals surface area contributed by atoms with E-state index in [9.17, 15) is 9.59 Å². The highest BCUT2D eigenvalue weighted by Crippen LogP contribution is 2.12. The number of rotatable bonds is 7. The SMILES string of the molecule is Cc1ccc(NC(=O)CSCC(=O)NC(C)c2ccncc2)cc1. The van der Waals surface area contributed by atoms with Crippen LogP contribution in [0, 0.1) is 6.92 Å². The van der Waals surface area contributed by atoms with E-state index in [-0.39, 0.29) is 29.4 Å². The molecule has 0 fully saturated rings. The van der Waals surface area contributed by atoms with Gasteiger partial charge in [-0.25, -0.2) is 0 Å². The fourth-order valence-electron chi connectivity index (χ4n) is 2.09. The fourth-order valence-corrected chi connectivity index (χ4v) is 2.72. The van der Waals surface area contributed by atoms with E-state index in [2.05, 4.69) is 15.6 Å². The first kappa shape index (κ1) is 18.0. The summed E-state index contributed by atoms with van der Waals surface area (Å²) >= 11 is 1.29. The minimum atomic E-state index is -0.112. The smallest absolute Gasteiger partial charge is 0.234 e. The lowest BCUT2D eigenvalue weighted by Gasteiger charge is -2.13. The van der Waals surface area contributed by atoms with Crippen molar-refractivity contribution in [1.29, 1.82) is 0 Å². The Bertz CT molecular complexity index is 674. The predicted molar refractivity (Wildman–Crippen MR) is 97.9 cm³/mol. The van der Waals surface area contributed by atoms with Gasteiger partial charge in [-0.3, -0.25) is 14.6 Å². The second-order valence-corrected chi connectivity index (χ2v) is 6.46. The van der Waals surface area contributed by atoms with Gasteiger partial charge in [0.1, 0.15) is 0 Å². The molecule has 0 spiro atoms. The van der Waals surface area contributed by atoms with Crippen molar-refractivity contribution in [1.82, 2.24) is 10.3 Å². The topological polar surface area (TPSA) is 71.1 Å². The van der Waals surface area contributed by atoms with Crippen LogP contribution in [0.2, 0.25) is 0 Å². The molecular formula is C18H21N3O2S. The van der Waals surface area contributed by atoms with E-state index in [1.165, 1.54) is 11.8 Å². The van der Waals surface area contributed by atoms with Gasteiger partial charge in [-0.1, -0.05) is 17.7 Å². The molecule has 2 amide bonds. The third-order valence-corrected chi connectivity index (χ3v) is 4.32. The Morgan fingerprint density at radius 2 is 1.67 bits per heavy atom. The molecule has 2 N–H and O–H groups in total. The van der Waals surface area contributed by atoms with Crippen molar-refractivity contribution in [2.24, 2.45) is 0 Å². The Balaban J connectivity index is 1.68. The van der Waals surface area contributed by atoms with Crippen molar-refractivity contribution >= 4 is 29.3 Å². The zero-order chi connectivity index (χ0) is 17.4. The molecule has 0 aliphatic carbocycles. The van der Waals surface area contributed by atoms with Crippen molar-refractivity contribution in [2.75, 3.05) is 16.8 Å². The van der Waals surface area contributed by atoms with Gasteiger partial charge in [0.15, 0.2) is 0 Å². The Hall–Kier alpha value is -2.34. The number of nitrogens with one attached hydrogen (secondary N) is 2. The molecule has 0 aliphatic rings. The highest BCUT2D eigenvalue weighted by atomic mass is 32.2. The van der Waals surface area contributed by atoms with Gasteiger partial charge in [-0.05, 0) is 43.7 Å². The molecule has 1 heterocycles. The average molecular weight is 343 g/mol. The van der Waals surface area contributed by atoms with Crippen LogP contribution in [0.3, 0.4) is 0 Å². The van der Waals surface area contributed by atoms with E-state index in [0.717, 1.165) is 16.8 Å². The maximum absolute atomic E-state index is 11.9. The molecule has 2 rings (SSSR count). The number of aromatic nitrogens is 1. The summed E-state index contributed by atoms with van der Waals surface area (Å²) in [5.74, 6) is 0.285. The lowest BCUT2D eigenvalue weighted by molar-refractivity contribution is -0.119. The zero-order valence-electron chi connectivity index (χ0n) is 13.8. The number of benzene rings is 1. The Morgan fingerprint density at radius 3 is 2.33 bits per heavy atom. The molecular weight excluding hydrogens is 322 g/mol. The standard InChI is InChI=1S/C18H21N3O2S/c1-13-3-5-16(6-4-13)21-18(23)12-24-11-17(22)20-14(2)15-7-9-19-10-8-15/h3-10,14H,11-12H2,1-2H3,(H,20,22)(H,21,23). The molecule has 126 valence electrons. The van der Waals surface area contributed by atoms with Crippen molar-refractivity contribution in [2.45, 2.75) is 19.9 Å². The summed E-state index contributed by atoms with van der Waals surface area (Å²) < 4.78 is 0. The molecule has 0 bridgehead atoms. The number of hydrogen-bond donors (Lipinski definition) is 2. The Kier molecular flexibility index (Phi) is 6.81. The molecule has 1 aromatic carbocycles. The zero-order valence-corrected chi connectivity index (χ0v) is 14.6. The maximum atomic E-state index is 11.9. The van der Waals surface area contributed by atoms with Crippen molar-refractivity contribution < 1.29 is 9.59 Å². The molecule has 5 nitrogen and oxygen atoms in total. The lowest BCUT2D eigenvalue weighted by atomic mass is 10.1. The van der Waals surface area contributed by atoms with Gasteiger partial charge in [0.25, 0.3) is 0 Å². The van der Waals surface area contributed by atoms with Gasteiger partial charge in [0, 0.05) is 18.1 Å². The fraction of sp³-hybridized carbons (Fsp3) is 0.278. The highest BCUT2D eigenvalue weighted by Gasteiger charge is 2.10. The van der Waals surface area contributed by atoms with Crippen LogP contribution in [0.1, 0.15) is 24.1 Å². The summed E-state index contributed by atoms with van der Waals surface area (Å²) in [6.45, 7) is 3.91. The number of thioether (sulfide) groups is 1. The van der Waals surface area contributed by atoms with Crippen molar-refractivity contribution in [3.05, 3.63) is 59.9 Å². The first-order valence-electron chi connectivity index (χ1n) is 7.68. The van der Waals surface area contributed by atoms with E-state index >= 15 is 0 Å². The van der Waals surface area contributed by atoms with Gasteiger partial charge >= 0.3 is 0 Å². The summed E-state index contributed by atoms with van der Waals surface area (Å²) in [6, 6.07) is 11.3. The second kappa shape index (κ2) is 9.08. The van der Waals surface area contributed by atoms with E-state index < -0.39 is 0 Å². The molecule has 1 unspecified atom stereocenters. The number of carbonyl (C=O) groups excluding carboxylic acids is 2. The van der Waals surface area contributed by atoms with Crippen LogP contribution in [-0.4, -0.2) is 28.3 Å². The van der Waals surface area contributed by atoms with Gasteiger partial charge in [-0.15, -0.1) is 11.8 Å². The third-order valence-electron chi connectivity index (χ3n) is 3.39. The van der Waals surface area contributed by atoms with Crippen LogP contribution in [0.5, 0.6) is 0 Å². The monoisotopic (exact) mass is 343 g/mol. The summed E-state index contributed by atoms with van der Waals surface area (Å²) in [4.78, 5) is 27.7. The van der Waals surface area contributed by atoms with E-state index in [4.69, 9.17) is 0 Å². The van der Waals surface area contributed by atoms with Crippen LogP contribution in [0.15, 0.2) is 48.8 Å². The molecule has 6 heteroatoms. The van der Waals surface area contributed by atoms with Crippen LogP contribution < -0.4 is 10.6 Å². The molecule has 0 saturated heterocycles. The lowest BCUT2D eigenvalue weighted by Crippen LogP contribution is -2.28. The summed E-state index contributed by atoms with van der Waals surface area (Å²) in [5, 5.41) is 5.72. The van der Waals surface area contributed by atoms with Crippen LogP contribution in [0.4, 0.5) is 5.69 Å². The van der Waals surface area contributed by atoms with Crippen LogP contribution >= 0.6 is 11.8 Å². The molecule has 0 saturated carbocycles. The minimum absolute atomic E-state index is 0.0810. The number of anilines is 1. The number of pyridine rings is 1. The van der Waals surface area contributed by atoms with E-state index in [1.54, 1.807) is 12.4 Å². The predicted octanol–water partition coefficient (Wildman–Crippen LogP) is 2.94. The second-order valence-electron chi connectivity index (χ2n) is 5.48. The normalized spacial score (nSPS) is 11.6. The number of carbonyl (C=O) groups is 2. The average Bonchev–Trinajstić information content (AvgIpc) is 2.57. The van der Waals surface area contributed by atoms with Gasteiger partial charge < -0.3 is 10.6 Å². The Morgan fingerprint density at radius 1 is 1.04 bits per heavy atom. The number of nitrogens with zero attached hydrogens (tertiary/aromatic N) is 1. The van der Waals surface area contributed by atoms with Gasteiger partial charge in [0.2, 0.25) is 11.8 Å². The minimum Gasteiger partial charge on any atom is -0.349 e. The molecule has 1 aromatic heterocycles. The quantitative estimate of drug-likeness (QED) is 0.811. The number of aryl methyl sites for hydroxylation is 1. The number of hydrogen-bond acceptors (Lipinski definition) is 4. The van der Waals surface area contributed by atoms with Crippen molar-refractivity contribution in [3.63, 3.8) is 0 Å². The Labute approximate surface area is 146 Å². The molecule has 2 aromatic rings. The molecule has 0 radical (unpaired) electrons. The summed E-state index contributed by atoms with van der Waals surface area (Å²) in [6.07, 6.45) is 3.39. The maximum Gasteiger partial charge on any atom is 0.234 e. The summed E-state index contributed by atoms with van der Waals surface area (Å²) in [5.41, 5.74) is 2.91. The highest BCUT2D eigenvalue weighted by molar-refractivity contribution is 8.00.